The number of rotatable bonds is 4. The monoisotopic (exact) mass is 259 g/mol. The third kappa shape index (κ3) is 2.84. The van der Waals surface area contributed by atoms with Gasteiger partial charge in [-0.3, -0.25) is 9.59 Å². The third-order valence-electron chi connectivity index (χ3n) is 3.74. The molecule has 101 valence electrons. The Morgan fingerprint density at radius 1 is 1.47 bits per heavy atom. The fraction of sp³-hybridized carbons (Fsp3) is 0.467. The van der Waals surface area contributed by atoms with Crippen LogP contribution in [0.15, 0.2) is 30.3 Å². The topological polar surface area (TPSA) is 63.4 Å². The standard InChI is InChI=1S/C15H19N2O2/c1-15(11-18)8-5-9-17(15)14(19)13(16)10-12-6-3-2-4-7-12/h2-4,6-7,13H,5,8-10,16H2,1H3/t13-,15-/m0/s1. The lowest BCUT2D eigenvalue weighted by Crippen LogP contribution is -2.53. The summed E-state index contributed by atoms with van der Waals surface area (Å²) in [6.07, 6.45) is 3.98. The van der Waals surface area contributed by atoms with Crippen molar-refractivity contribution < 1.29 is 9.59 Å². The van der Waals surface area contributed by atoms with Crippen LogP contribution in [-0.2, 0) is 16.0 Å². The summed E-state index contributed by atoms with van der Waals surface area (Å²) in [4.78, 5) is 25.0. The molecule has 1 aliphatic rings. The number of amides is 1. The lowest BCUT2D eigenvalue weighted by Gasteiger charge is -2.31. The molecule has 2 N–H and O–H groups in total. The molecule has 1 saturated heterocycles. The zero-order valence-electron chi connectivity index (χ0n) is 11.1. The van der Waals surface area contributed by atoms with Crippen molar-refractivity contribution in [2.45, 2.75) is 37.8 Å². The van der Waals surface area contributed by atoms with E-state index in [0.717, 1.165) is 12.0 Å². The van der Waals surface area contributed by atoms with E-state index in [4.69, 9.17) is 5.73 Å². The van der Waals surface area contributed by atoms with Crippen molar-refractivity contribution in [2.24, 2.45) is 5.73 Å². The predicted octanol–water partition coefficient (Wildman–Crippen LogP) is 1.05. The van der Waals surface area contributed by atoms with Gasteiger partial charge in [0.2, 0.25) is 12.2 Å². The molecular formula is C15H19N2O2. The summed E-state index contributed by atoms with van der Waals surface area (Å²) in [7, 11) is 0. The fourth-order valence-corrected chi connectivity index (χ4v) is 2.58. The molecule has 0 aromatic heterocycles. The fourth-order valence-electron chi connectivity index (χ4n) is 2.58. The number of hydrogen-bond acceptors (Lipinski definition) is 3. The van der Waals surface area contributed by atoms with Crippen molar-refractivity contribution in [1.29, 1.82) is 0 Å². The van der Waals surface area contributed by atoms with Crippen LogP contribution in [0.4, 0.5) is 0 Å². The van der Waals surface area contributed by atoms with Crippen LogP contribution in [-0.4, -0.2) is 35.2 Å². The molecule has 4 nitrogen and oxygen atoms in total. The van der Waals surface area contributed by atoms with Gasteiger partial charge in [0.05, 0.1) is 6.04 Å². The highest BCUT2D eigenvalue weighted by Crippen LogP contribution is 2.27. The molecule has 0 unspecified atom stereocenters. The molecule has 1 aliphatic heterocycles. The number of nitrogens with two attached hydrogens (primary N) is 1. The van der Waals surface area contributed by atoms with Crippen LogP contribution in [0, 0.1) is 0 Å². The highest BCUT2D eigenvalue weighted by Gasteiger charge is 2.41. The van der Waals surface area contributed by atoms with E-state index in [9.17, 15) is 9.59 Å². The van der Waals surface area contributed by atoms with Crippen LogP contribution in [0.25, 0.3) is 0 Å². The van der Waals surface area contributed by atoms with Crippen LogP contribution in [0.2, 0.25) is 0 Å². The molecule has 0 saturated carbocycles. The lowest BCUT2D eigenvalue weighted by molar-refractivity contribution is -0.134. The summed E-state index contributed by atoms with van der Waals surface area (Å²) in [5.41, 5.74) is 6.21. The zero-order valence-corrected chi connectivity index (χ0v) is 11.1. The smallest absolute Gasteiger partial charge is 0.240 e. The second-order valence-electron chi connectivity index (χ2n) is 5.27. The summed E-state index contributed by atoms with van der Waals surface area (Å²) in [5.74, 6) is -0.160. The van der Waals surface area contributed by atoms with Gasteiger partial charge in [0.25, 0.3) is 0 Å². The van der Waals surface area contributed by atoms with Crippen LogP contribution >= 0.6 is 0 Å². The normalized spacial score (nSPS) is 24.2. The molecule has 1 fully saturated rings. The molecule has 1 heterocycles. The van der Waals surface area contributed by atoms with Crippen molar-refractivity contribution in [2.75, 3.05) is 6.54 Å². The molecule has 1 radical (unpaired) electrons. The quantitative estimate of drug-likeness (QED) is 0.879. The minimum Gasteiger partial charge on any atom is -0.328 e. The van der Waals surface area contributed by atoms with Gasteiger partial charge >= 0.3 is 0 Å². The van der Waals surface area contributed by atoms with Crippen LogP contribution < -0.4 is 5.73 Å². The van der Waals surface area contributed by atoms with Gasteiger partial charge < -0.3 is 10.6 Å². The summed E-state index contributed by atoms with van der Waals surface area (Å²) < 4.78 is 0. The number of carbonyl (C=O) groups excluding carboxylic acids is 2. The van der Waals surface area contributed by atoms with E-state index < -0.39 is 11.6 Å². The first-order chi connectivity index (χ1) is 9.07. The molecule has 0 spiro atoms. The van der Waals surface area contributed by atoms with Crippen molar-refractivity contribution in [3.05, 3.63) is 35.9 Å². The van der Waals surface area contributed by atoms with Gasteiger partial charge in [-0.1, -0.05) is 30.3 Å². The Morgan fingerprint density at radius 3 is 2.79 bits per heavy atom. The van der Waals surface area contributed by atoms with Crippen LogP contribution in [0.5, 0.6) is 0 Å². The number of benzene rings is 1. The summed E-state index contributed by atoms with van der Waals surface area (Å²) in [6, 6.07) is 9.06. The van der Waals surface area contributed by atoms with Gasteiger partial charge in [0, 0.05) is 6.54 Å². The molecule has 2 rings (SSSR count). The Balaban J connectivity index is 2.05. The largest absolute Gasteiger partial charge is 0.328 e. The Kier molecular flexibility index (Phi) is 4.00. The van der Waals surface area contributed by atoms with Gasteiger partial charge in [0.15, 0.2) is 0 Å². The minimum absolute atomic E-state index is 0.160. The van der Waals surface area contributed by atoms with Gasteiger partial charge in [-0.25, -0.2) is 0 Å². The molecule has 4 heteroatoms. The number of hydrogen-bond donors (Lipinski definition) is 1. The molecule has 0 aliphatic carbocycles. The van der Waals surface area contributed by atoms with Crippen molar-refractivity contribution in [3.8, 4) is 0 Å². The van der Waals surface area contributed by atoms with Gasteiger partial charge in [-0.05, 0) is 31.7 Å². The second kappa shape index (κ2) is 5.53. The predicted molar refractivity (Wildman–Crippen MR) is 73.2 cm³/mol. The van der Waals surface area contributed by atoms with E-state index in [2.05, 4.69) is 0 Å². The highest BCUT2D eigenvalue weighted by molar-refractivity contribution is 5.86. The second-order valence-corrected chi connectivity index (χ2v) is 5.27. The van der Waals surface area contributed by atoms with Crippen molar-refractivity contribution in [1.82, 2.24) is 4.90 Å². The molecule has 1 amide bonds. The van der Waals surface area contributed by atoms with E-state index >= 15 is 0 Å². The maximum Gasteiger partial charge on any atom is 0.240 e. The highest BCUT2D eigenvalue weighted by atomic mass is 16.2. The number of carbonyl (C=O) groups is 1. The number of nitrogens with zero attached hydrogens (tertiary/aromatic N) is 1. The average molecular weight is 259 g/mol. The van der Waals surface area contributed by atoms with Gasteiger partial charge in [0.1, 0.15) is 5.54 Å². The first-order valence-corrected chi connectivity index (χ1v) is 6.57. The van der Waals surface area contributed by atoms with Gasteiger partial charge in [-0.2, -0.15) is 0 Å². The maximum absolute atomic E-state index is 12.3. The molecular weight excluding hydrogens is 240 g/mol. The van der Waals surface area contributed by atoms with E-state index in [1.807, 2.05) is 36.6 Å². The van der Waals surface area contributed by atoms with Crippen LogP contribution in [0.3, 0.4) is 0 Å². The molecule has 2 atom stereocenters. The molecule has 1 aromatic carbocycles. The number of likely N-dealkylation sites (tertiary alicyclic amines) is 1. The third-order valence-corrected chi connectivity index (χ3v) is 3.74. The first kappa shape index (κ1) is 13.7. The lowest BCUT2D eigenvalue weighted by atomic mass is 9.99. The Labute approximate surface area is 113 Å². The zero-order chi connectivity index (χ0) is 13.9. The molecule has 0 bridgehead atoms. The average Bonchev–Trinajstić information content (AvgIpc) is 2.81. The van der Waals surface area contributed by atoms with Gasteiger partial charge in [-0.15, -0.1) is 0 Å². The summed E-state index contributed by atoms with van der Waals surface area (Å²) in [6.45, 7) is 2.34. The van der Waals surface area contributed by atoms with Crippen molar-refractivity contribution >= 4 is 12.2 Å². The van der Waals surface area contributed by atoms with E-state index in [-0.39, 0.29) is 5.91 Å². The summed E-state index contributed by atoms with van der Waals surface area (Å²) in [5, 5.41) is 0. The minimum atomic E-state index is -0.800. The summed E-state index contributed by atoms with van der Waals surface area (Å²) >= 11 is 0. The van der Waals surface area contributed by atoms with Crippen molar-refractivity contribution in [3.63, 3.8) is 0 Å². The van der Waals surface area contributed by atoms with E-state index in [1.54, 1.807) is 11.8 Å². The maximum atomic E-state index is 12.3. The first-order valence-electron chi connectivity index (χ1n) is 6.57. The Morgan fingerprint density at radius 2 is 2.16 bits per heavy atom. The van der Waals surface area contributed by atoms with E-state index in [1.165, 1.54) is 0 Å². The Hall–Kier alpha value is -1.68. The Bertz CT molecular complexity index is 460. The van der Waals surface area contributed by atoms with Crippen LogP contribution in [0.1, 0.15) is 25.3 Å². The molecule has 1 aromatic rings. The molecule has 19 heavy (non-hydrogen) atoms. The van der Waals surface area contributed by atoms with E-state index in [0.29, 0.717) is 19.4 Å². The SMILES string of the molecule is C[C@@]1([C]=O)CCCN1C(=O)[C@@H](N)Cc1ccccc1.